The van der Waals surface area contributed by atoms with Gasteiger partial charge in [-0.3, -0.25) is 9.59 Å². The Balaban J connectivity index is 2.06. The van der Waals surface area contributed by atoms with Crippen LogP contribution in [0.3, 0.4) is 0 Å². The Hall–Kier alpha value is -1.88. The number of rotatable bonds is 8. The lowest BCUT2D eigenvalue weighted by Crippen LogP contribution is -2.40. The van der Waals surface area contributed by atoms with Crippen molar-refractivity contribution in [2.75, 3.05) is 13.7 Å². The summed E-state index contributed by atoms with van der Waals surface area (Å²) < 4.78 is 10.0. The number of Topliss-reactive ketones (excluding diaryl/α,β-unsaturated/α-hetero) is 1. The van der Waals surface area contributed by atoms with E-state index in [0.717, 1.165) is 12.8 Å². The SMILES string of the molecule is CCOC(=O)CC(NC1CC1)C(=O)c1ccc(OC)cc1. The molecule has 0 saturated heterocycles. The van der Waals surface area contributed by atoms with Gasteiger partial charge in [0.05, 0.1) is 26.2 Å². The van der Waals surface area contributed by atoms with Crippen LogP contribution in [0.4, 0.5) is 0 Å². The Labute approximate surface area is 124 Å². The maximum Gasteiger partial charge on any atom is 0.307 e. The summed E-state index contributed by atoms with van der Waals surface area (Å²) in [6.45, 7) is 2.08. The van der Waals surface area contributed by atoms with Crippen molar-refractivity contribution in [3.63, 3.8) is 0 Å². The summed E-state index contributed by atoms with van der Waals surface area (Å²) in [7, 11) is 1.58. The molecular formula is C16H21NO4. The highest BCUT2D eigenvalue weighted by molar-refractivity contribution is 6.02. The van der Waals surface area contributed by atoms with Crippen molar-refractivity contribution in [1.82, 2.24) is 5.32 Å². The second-order valence-electron chi connectivity index (χ2n) is 5.10. The fourth-order valence-electron chi connectivity index (χ4n) is 2.10. The van der Waals surface area contributed by atoms with Crippen LogP contribution >= 0.6 is 0 Å². The van der Waals surface area contributed by atoms with Crippen LogP contribution in [0.1, 0.15) is 36.5 Å². The van der Waals surface area contributed by atoms with E-state index in [1.807, 2.05) is 0 Å². The summed E-state index contributed by atoms with van der Waals surface area (Å²) in [5.74, 6) is 0.263. The van der Waals surface area contributed by atoms with E-state index in [9.17, 15) is 9.59 Å². The molecule has 0 aromatic heterocycles. The molecule has 114 valence electrons. The van der Waals surface area contributed by atoms with Crippen LogP contribution in [-0.2, 0) is 9.53 Å². The van der Waals surface area contributed by atoms with Gasteiger partial charge in [-0.25, -0.2) is 0 Å². The molecule has 1 atom stereocenters. The normalized spacial score (nSPS) is 15.3. The zero-order valence-corrected chi connectivity index (χ0v) is 12.4. The van der Waals surface area contributed by atoms with Crippen LogP contribution in [0.2, 0.25) is 0 Å². The molecule has 1 unspecified atom stereocenters. The average molecular weight is 291 g/mol. The van der Waals surface area contributed by atoms with E-state index in [1.165, 1.54) is 0 Å². The van der Waals surface area contributed by atoms with Crippen LogP contribution in [0.15, 0.2) is 24.3 Å². The predicted octanol–water partition coefficient (Wildman–Crippen LogP) is 1.95. The molecule has 0 amide bonds. The molecule has 1 N–H and O–H groups in total. The molecule has 5 nitrogen and oxygen atoms in total. The third kappa shape index (κ3) is 4.56. The van der Waals surface area contributed by atoms with Crippen molar-refractivity contribution < 1.29 is 19.1 Å². The number of hydrogen-bond donors (Lipinski definition) is 1. The second kappa shape index (κ2) is 7.22. The molecule has 1 aliphatic carbocycles. The van der Waals surface area contributed by atoms with Gasteiger partial charge in [-0.05, 0) is 44.0 Å². The van der Waals surface area contributed by atoms with Crippen LogP contribution in [0.25, 0.3) is 0 Å². The van der Waals surface area contributed by atoms with E-state index in [0.29, 0.717) is 24.0 Å². The second-order valence-corrected chi connectivity index (χ2v) is 5.10. The fourth-order valence-corrected chi connectivity index (χ4v) is 2.10. The van der Waals surface area contributed by atoms with E-state index in [-0.39, 0.29) is 18.2 Å². The van der Waals surface area contributed by atoms with Gasteiger partial charge in [0.2, 0.25) is 0 Å². The van der Waals surface area contributed by atoms with E-state index in [1.54, 1.807) is 38.3 Å². The molecular weight excluding hydrogens is 270 g/mol. The first-order valence-electron chi connectivity index (χ1n) is 7.24. The van der Waals surface area contributed by atoms with E-state index in [4.69, 9.17) is 9.47 Å². The number of methoxy groups -OCH3 is 1. The molecule has 1 saturated carbocycles. The Bertz CT molecular complexity index is 494. The maximum absolute atomic E-state index is 12.5. The standard InChI is InChI=1S/C16H21NO4/c1-3-21-15(18)10-14(17-12-6-7-12)16(19)11-4-8-13(20-2)9-5-11/h4-5,8-9,12,14,17H,3,6-7,10H2,1-2H3. The van der Waals surface area contributed by atoms with Crippen LogP contribution in [0.5, 0.6) is 5.75 Å². The van der Waals surface area contributed by atoms with Gasteiger partial charge in [-0.15, -0.1) is 0 Å². The summed E-state index contributed by atoms with van der Waals surface area (Å²) in [5.41, 5.74) is 0.568. The van der Waals surface area contributed by atoms with Crippen molar-refractivity contribution >= 4 is 11.8 Å². The van der Waals surface area contributed by atoms with Crippen LogP contribution < -0.4 is 10.1 Å². The molecule has 0 spiro atoms. The number of carbonyl (C=O) groups is 2. The van der Waals surface area contributed by atoms with Gasteiger partial charge in [0.1, 0.15) is 5.75 Å². The van der Waals surface area contributed by atoms with Gasteiger partial charge in [-0.1, -0.05) is 0 Å². The minimum Gasteiger partial charge on any atom is -0.497 e. The molecule has 1 aromatic rings. The Morgan fingerprint density at radius 2 is 1.95 bits per heavy atom. The smallest absolute Gasteiger partial charge is 0.307 e. The molecule has 5 heteroatoms. The molecule has 2 rings (SSSR count). The monoisotopic (exact) mass is 291 g/mol. The van der Waals surface area contributed by atoms with Gasteiger partial charge in [0.15, 0.2) is 5.78 Å². The molecule has 0 aliphatic heterocycles. The molecule has 1 fully saturated rings. The van der Waals surface area contributed by atoms with Gasteiger partial charge >= 0.3 is 5.97 Å². The van der Waals surface area contributed by atoms with Crippen molar-refractivity contribution in [1.29, 1.82) is 0 Å². The third-order valence-corrected chi connectivity index (χ3v) is 3.38. The predicted molar refractivity (Wildman–Crippen MR) is 78.5 cm³/mol. The quantitative estimate of drug-likeness (QED) is 0.586. The van der Waals surface area contributed by atoms with Gasteiger partial charge in [0, 0.05) is 11.6 Å². The fraction of sp³-hybridized carbons (Fsp3) is 0.500. The first kappa shape index (κ1) is 15.5. The number of nitrogens with one attached hydrogen (secondary N) is 1. The summed E-state index contributed by atoms with van der Waals surface area (Å²) in [6.07, 6.45) is 2.17. The summed E-state index contributed by atoms with van der Waals surface area (Å²) in [4.78, 5) is 24.2. The highest BCUT2D eigenvalue weighted by Crippen LogP contribution is 2.22. The number of hydrogen-bond acceptors (Lipinski definition) is 5. The lowest BCUT2D eigenvalue weighted by Gasteiger charge is -2.17. The summed E-state index contributed by atoms with van der Waals surface area (Å²) in [6, 6.07) is 6.73. The zero-order chi connectivity index (χ0) is 15.2. The van der Waals surface area contributed by atoms with Crippen LogP contribution in [0, 0.1) is 0 Å². The lowest BCUT2D eigenvalue weighted by atomic mass is 10.0. The molecule has 1 aromatic carbocycles. The summed E-state index contributed by atoms with van der Waals surface area (Å²) >= 11 is 0. The number of ether oxygens (including phenoxy) is 2. The van der Waals surface area contributed by atoms with Gasteiger partial charge < -0.3 is 14.8 Å². The van der Waals surface area contributed by atoms with E-state index < -0.39 is 6.04 Å². The first-order valence-corrected chi connectivity index (χ1v) is 7.24. The Kier molecular flexibility index (Phi) is 5.33. The molecule has 21 heavy (non-hydrogen) atoms. The molecule has 1 aliphatic rings. The zero-order valence-electron chi connectivity index (χ0n) is 12.4. The number of carbonyl (C=O) groups excluding carboxylic acids is 2. The third-order valence-electron chi connectivity index (χ3n) is 3.38. The van der Waals surface area contributed by atoms with Crippen molar-refractivity contribution in [2.24, 2.45) is 0 Å². The van der Waals surface area contributed by atoms with Crippen molar-refractivity contribution in [3.8, 4) is 5.75 Å². The minimum atomic E-state index is -0.523. The van der Waals surface area contributed by atoms with E-state index >= 15 is 0 Å². The minimum absolute atomic E-state index is 0.0647. The summed E-state index contributed by atoms with van der Waals surface area (Å²) in [5, 5.41) is 3.23. The lowest BCUT2D eigenvalue weighted by molar-refractivity contribution is -0.143. The first-order chi connectivity index (χ1) is 10.1. The molecule has 0 bridgehead atoms. The number of benzene rings is 1. The topological polar surface area (TPSA) is 64.6 Å². The average Bonchev–Trinajstić information content (AvgIpc) is 3.30. The maximum atomic E-state index is 12.5. The van der Waals surface area contributed by atoms with Gasteiger partial charge in [0.25, 0.3) is 0 Å². The van der Waals surface area contributed by atoms with Gasteiger partial charge in [-0.2, -0.15) is 0 Å². The van der Waals surface area contributed by atoms with E-state index in [2.05, 4.69) is 5.32 Å². The van der Waals surface area contributed by atoms with Crippen molar-refractivity contribution in [3.05, 3.63) is 29.8 Å². The molecule has 0 heterocycles. The largest absolute Gasteiger partial charge is 0.497 e. The number of esters is 1. The van der Waals surface area contributed by atoms with Crippen molar-refractivity contribution in [2.45, 2.75) is 38.3 Å². The Morgan fingerprint density at radius 3 is 2.48 bits per heavy atom. The Morgan fingerprint density at radius 1 is 1.29 bits per heavy atom. The highest BCUT2D eigenvalue weighted by atomic mass is 16.5. The number of ketones is 1. The molecule has 0 radical (unpaired) electrons. The highest BCUT2D eigenvalue weighted by Gasteiger charge is 2.30. The van der Waals surface area contributed by atoms with Crippen LogP contribution in [-0.4, -0.2) is 37.6 Å².